The Morgan fingerprint density at radius 1 is 1.20 bits per heavy atom. The normalized spacial score (nSPS) is 15.1. The first-order chi connectivity index (χ1) is 6.54. The Kier molecular flexibility index (Phi) is 4.94. The van der Waals surface area contributed by atoms with Crippen LogP contribution in [0.3, 0.4) is 0 Å². The molecule has 0 bridgehead atoms. The van der Waals surface area contributed by atoms with Crippen molar-refractivity contribution in [2.45, 2.75) is 59.5 Å². The summed E-state index contributed by atoms with van der Waals surface area (Å²) in [5, 5.41) is 3.33. The van der Waals surface area contributed by atoms with E-state index in [4.69, 9.17) is 5.73 Å². The number of carbonyl (C=O) groups is 1. The second kappa shape index (κ2) is 5.08. The zero-order chi connectivity index (χ0) is 12.3. The standard InChI is InChI=1S/C12H26N2O/c1-11(2,3)10(15)9(13)7-8-14-12(4,5)6/h9,14H,7-8,13H2,1-6H3/t9-/m0/s1. The zero-order valence-electron chi connectivity index (χ0n) is 11.0. The van der Waals surface area contributed by atoms with E-state index in [1.807, 2.05) is 20.8 Å². The van der Waals surface area contributed by atoms with Crippen LogP contribution in [0, 0.1) is 5.41 Å². The number of nitrogens with two attached hydrogens (primary N) is 1. The highest BCUT2D eigenvalue weighted by molar-refractivity contribution is 5.88. The van der Waals surface area contributed by atoms with Gasteiger partial charge in [0, 0.05) is 11.0 Å². The molecule has 0 radical (unpaired) electrons. The predicted molar refractivity (Wildman–Crippen MR) is 64.8 cm³/mol. The molecule has 0 heterocycles. The van der Waals surface area contributed by atoms with Crippen LogP contribution in [-0.4, -0.2) is 23.9 Å². The molecule has 3 N–H and O–H groups in total. The molecule has 0 aliphatic heterocycles. The molecule has 0 amide bonds. The van der Waals surface area contributed by atoms with Gasteiger partial charge in [-0.3, -0.25) is 4.79 Å². The average Bonchev–Trinajstić information content (AvgIpc) is 1.98. The van der Waals surface area contributed by atoms with Gasteiger partial charge in [0.05, 0.1) is 6.04 Å². The Bertz CT molecular complexity index is 211. The van der Waals surface area contributed by atoms with Crippen molar-refractivity contribution in [3.05, 3.63) is 0 Å². The van der Waals surface area contributed by atoms with Crippen LogP contribution >= 0.6 is 0 Å². The summed E-state index contributed by atoms with van der Waals surface area (Å²) < 4.78 is 0. The zero-order valence-corrected chi connectivity index (χ0v) is 11.0. The quantitative estimate of drug-likeness (QED) is 0.749. The lowest BCUT2D eigenvalue weighted by atomic mass is 9.85. The molecule has 0 rings (SSSR count). The molecule has 0 saturated heterocycles. The van der Waals surface area contributed by atoms with Crippen molar-refractivity contribution in [3.63, 3.8) is 0 Å². The third kappa shape index (κ3) is 6.63. The summed E-state index contributed by atoms with van der Waals surface area (Å²) in [4.78, 5) is 11.8. The fraction of sp³-hybridized carbons (Fsp3) is 0.917. The highest BCUT2D eigenvalue weighted by atomic mass is 16.1. The first-order valence-corrected chi connectivity index (χ1v) is 5.59. The highest BCUT2D eigenvalue weighted by Gasteiger charge is 2.26. The number of rotatable bonds is 4. The molecular formula is C12H26N2O. The van der Waals surface area contributed by atoms with Gasteiger partial charge in [0.1, 0.15) is 0 Å². The summed E-state index contributed by atoms with van der Waals surface area (Å²) >= 11 is 0. The molecular weight excluding hydrogens is 188 g/mol. The number of carbonyl (C=O) groups excluding carboxylic acids is 1. The number of hydrogen-bond donors (Lipinski definition) is 2. The van der Waals surface area contributed by atoms with E-state index in [0.29, 0.717) is 6.42 Å². The second-order valence-corrected chi connectivity index (χ2v) is 6.19. The fourth-order valence-corrected chi connectivity index (χ4v) is 1.29. The Morgan fingerprint density at radius 2 is 1.67 bits per heavy atom. The lowest BCUT2D eigenvalue weighted by Gasteiger charge is -2.24. The lowest BCUT2D eigenvalue weighted by Crippen LogP contribution is -2.43. The van der Waals surface area contributed by atoms with Crippen molar-refractivity contribution in [2.24, 2.45) is 11.1 Å². The molecule has 0 aliphatic carbocycles. The second-order valence-electron chi connectivity index (χ2n) is 6.19. The van der Waals surface area contributed by atoms with Gasteiger partial charge in [0.2, 0.25) is 0 Å². The van der Waals surface area contributed by atoms with Crippen LogP contribution < -0.4 is 11.1 Å². The van der Waals surface area contributed by atoms with Crippen LogP contribution in [0.4, 0.5) is 0 Å². The van der Waals surface area contributed by atoms with Gasteiger partial charge in [-0.15, -0.1) is 0 Å². The van der Waals surface area contributed by atoms with E-state index in [9.17, 15) is 4.79 Å². The number of ketones is 1. The van der Waals surface area contributed by atoms with Crippen LogP contribution in [0.1, 0.15) is 48.0 Å². The molecule has 90 valence electrons. The Hall–Kier alpha value is -0.410. The topological polar surface area (TPSA) is 55.1 Å². The van der Waals surface area contributed by atoms with Crippen LogP contribution in [0.2, 0.25) is 0 Å². The molecule has 0 aromatic carbocycles. The summed E-state index contributed by atoms with van der Waals surface area (Å²) in [7, 11) is 0. The third-order valence-electron chi connectivity index (χ3n) is 2.19. The Morgan fingerprint density at radius 3 is 2.00 bits per heavy atom. The van der Waals surface area contributed by atoms with Crippen LogP contribution in [0.15, 0.2) is 0 Å². The van der Waals surface area contributed by atoms with Crippen molar-refractivity contribution in [2.75, 3.05) is 6.54 Å². The molecule has 0 aromatic rings. The van der Waals surface area contributed by atoms with E-state index in [1.54, 1.807) is 0 Å². The van der Waals surface area contributed by atoms with Gasteiger partial charge in [-0.2, -0.15) is 0 Å². The van der Waals surface area contributed by atoms with Gasteiger partial charge in [-0.25, -0.2) is 0 Å². The van der Waals surface area contributed by atoms with E-state index >= 15 is 0 Å². The Balaban J connectivity index is 3.96. The van der Waals surface area contributed by atoms with Gasteiger partial charge in [-0.05, 0) is 33.7 Å². The van der Waals surface area contributed by atoms with E-state index in [-0.39, 0.29) is 22.8 Å². The van der Waals surface area contributed by atoms with Crippen molar-refractivity contribution in [1.29, 1.82) is 0 Å². The number of Topliss-reactive ketones (excluding diaryl/α,β-unsaturated/α-hetero) is 1. The number of nitrogens with one attached hydrogen (secondary N) is 1. The van der Waals surface area contributed by atoms with Gasteiger partial charge in [0.25, 0.3) is 0 Å². The molecule has 0 fully saturated rings. The van der Waals surface area contributed by atoms with Gasteiger partial charge in [0.15, 0.2) is 5.78 Å². The molecule has 15 heavy (non-hydrogen) atoms. The summed E-state index contributed by atoms with van der Waals surface area (Å²) in [6.07, 6.45) is 0.702. The van der Waals surface area contributed by atoms with Gasteiger partial charge in [-0.1, -0.05) is 20.8 Å². The van der Waals surface area contributed by atoms with Crippen LogP contribution in [-0.2, 0) is 4.79 Å². The van der Waals surface area contributed by atoms with Crippen LogP contribution in [0.25, 0.3) is 0 Å². The minimum absolute atomic E-state index is 0.0878. The summed E-state index contributed by atoms with van der Waals surface area (Å²) in [6, 6.07) is -0.347. The monoisotopic (exact) mass is 214 g/mol. The molecule has 1 atom stereocenters. The molecule has 3 heteroatoms. The lowest BCUT2D eigenvalue weighted by molar-refractivity contribution is -0.127. The first-order valence-electron chi connectivity index (χ1n) is 5.59. The van der Waals surface area contributed by atoms with E-state index in [0.717, 1.165) is 6.54 Å². The molecule has 0 saturated carbocycles. The molecule has 0 unspecified atom stereocenters. The van der Waals surface area contributed by atoms with Crippen molar-refractivity contribution < 1.29 is 4.79 Å². The fourth-order valence-electron chi connectivity index (χ4n) is 1.29. The smallest absolute Gasteiger partial charge is 0.154 e. The maximum Gasteiger partial charge on any atom is 0.154 e. The highest BCUT2D eigenvalue weighted by Crippen LogP contribution is 2.17. The van der Waals surface area contributed by atoms with E-state index in [2.05, 4.69) is 26.1 Å². The van der Waals surface area contributed by atoms with Crippen LogP contribution in [0.5, 0.6) is 0 Å². The summed E-state index contributed by atoms with van der Waals surface area (Å²) in [5.74, 6) is 0.137. The minimum Gasteiger partial charge on any atom is -0.321 e. The summed E-state index contributed by atoms with van der Waals surface area (Å²) in [5.41, 5.74) is 5.60. The van der Waals surface area contributed by atoms with E-state index < -0.39 is 0 Å². The van der Waals surface area contributed by atoms with E-state index in [1.165, 1.54) is 0 Å². The van der Waals surface area contributed by atoms with Crippen molar-refractivity contribution in [3.8, 4) is 0 Å². The maximum absolute atomic E-state index is 11.8. The van der Waals surface area contributed by atoms with Crippen molar-refractivity contribution in [1.82, 2.24) is 5.32 Å². The predicted octanol–water partition coefficient (Wildman–Crippen LogP) is 1.71. The maximum atomic E-state index is 11.8. The summed E-state index contributed by atoms with van der Waals surface area (Å²) in [6.45, 7) is 12.8. The number of hydrogen-bond acceptors (Lipinski definition) is 3. The van der Waals surface area contributed by atoms with Crippen molar-refractivity contribution >= 4 is 5.78 Å². The minimum atomic E-state index is -0.347. The molecule has 0 aromatic heterocycles. The third-order valence-corrected chi connectivity index (χ3v) is 2.19. The van der Waals surface area contributed by atoms with Gasteiger partial charge >= 0.3 is 0 Å². The Labute approximate surface area is 93.8 Å². The molecule has 0 aliphatic rings. The SMILES string of the molecule is CC(C)(C)NCC[C@H](N)C(=O)C(C)(C)C. The largest absolute Gasteiger partial charge is 0.321 e. The average molecular weight is 214 g/mol. The first kappa shape index (κ1) is 14.6. The molecule has 0 spiro atoms. The molecule has 3 nitrogen and oxygen atoms in total. The van der Waals surface area contributed by atoms with Gasteiger partial charge < -0.3 is 11.1 Å².